The van der Waals surface area contributed by atoms with Crippen molar-refractivity contribution in [2.24, 2.45) is 17.8 Å². The number of amides is 4. The van der Waals surface area contributed by atoms with Gasteiger partial charge in [0.25, 0.3) is 0 Å². The predicted molar refractivity (Wildman–Crippen MR) is 168 cm³/mol. The molecule has 0 radical (unpaired) electrons. The first kappa shape index (κ1) is 34.1. The van der Waals surface area contributed by atoms with Crippen LogP contribution in [0.5, 0.6) is 5.75 Å². The number of likely N-dealkylation sites (tertiary alicyclic amines) is 1. The summed E-state index contributed by atoms with van der Waals surface area (Å²) in [4.78, 5) is 58.4. The number of carbonyl (C=O) groups excluding carboxylic acids is 4. The van der Waals surface area contributed by atoms with Gasteiger partial charge in [0.1, 0.15) is 30.0 Å². The molecule has 4 rings (SSSR count). The topological polar surface area (TPSA) is 120 Å². The lowest BCUT2D eigenvalue weighted by Gasteiger charge is -2.34. The average Bonchev–Trinajstić information content (AvgIpc) is 3.38. The van der Waals surface area contributed by atoms with Crippen molar-refractivity contribution in [3.8, 4) is 5.75 Å². The number of carbonyl (C=O) groups is 4. The van der Waals surface area contributed by atoms with Crippen molar-refractivity contribution in [1.29, 1.82) is 0 Å². The molecule has 0 aliphatic carbocycles. The zero-order valence-electron chi connectivity index (χ0n) is 27.1. The van der Waals surface area contributed by atoms with E-state index < -0.39 is 36.2 Å². The van der Waals surface area contributed by atoms with Gasteiger partial charge in [0, 0.05) is 19.2 Å². The molecule has 43 heavy (non-hydrogen) atoms. The number of hydrogen-bond acceptors (Lipinski definition) is 6. The Labute approximate surface area is 257 Å². The number of nitrogens with zero attached hydrogens (tertiary/aromatic N) is 2. The first-order chi connectivity index (χ1) is 20.4. The van der Waals surface area contributed by atoms with Crippen LogP contribution >= 0.6 is 0 Å². The molecule has 238 valence electrons. The minimum Gasteiger partial charge on any atom is -0.488 e. The molecule has 1 aromatic rings. The molecule has 2 bridgehead atoms. The second kappa shape index (κ2) is 15.4. The van der Waals surface area contributed by atoms with Crippen molar-refractivity contribution in [3.63, 3.8) is 0 Å². The Hall–Kier alpha value is -3.40. The van der Waals surface area contributed by atoms with Gasteiger partial charge in [0.15, 0.2) is 0 Å². The van der Waals surface area contributed by atoms with Crippen LogP contribution in [0.3, 0.4) is 0 Å². The molecule has 1 fully saturated rings. The molecule has 1 saturated heterocycles. The summed E-state index contributed by atoms with van der Waals surface area (Å²) in [6.07, 6.45) is 5.07. The monoisotopic (exact) mass is 597 g/mol. The number of nitrogens with one attached hydrogen (secondary N) is 3. The van der Waals surface area contributed by atoms with Crippen LogP contribution in [0.15, 0.2) is 30.5 Å². The van der Waals surface area contributed by atoms with E-state index in [0.29, 0.717) is 25.0 Å². The van der Waals surface area contributed by atoms with E-state index >= 15 is 0 Å². The fraction of sp³-hybridized carbons (Fsp3) is 0.636. The molecule has 3 aliphatic heterocycles. The van der Waals surface area contributed by atoms with Crippen LogP contribution in [0.2, 0.25) is 0 Å². The Morgan fingerprint density at radius 1 is 1.05 bits per heavy atom. The Morgan fingerprint density at radius 3 is 2.30 bits per heavy atom. The second-order valence-electron chi connectivity index (χ2n) is 12.7. The third kappa shape index (κ3) is 8.59. The third-order valence-corrected chi connectivity index (χ3v) is 8.69. The van der Waals surface area contributed by atoms with Crippen molar-refractivity contribution in [1.82, 2.24) is 25.8 Å². The number of fused-ring (bicyclic) bond motifs is 7. The minimum atomic E-state index is -0.976. The smallest absolute Gasteiger partial charge is 0.247 e. The summed E-state index contributed by atoms with van der Waals surface area (Å²) in [6, 6.07) is 4.38. The van der Waals surface area contributed by atoms with Crippen LogP contribution < -0.4 is 20.7 Å². The first-order valence-corrected chi connectivity index (χ1v) is 15.7. The highest BCUT2D eigenvalue weighted by molar-refractivity contribution is 5.96. The van der Waals surface area contributed by atoms with Crippen LogP contribution in [0.25, 0.3) is 6.08 Å². The molecular weight excluding hydrogens is 546 g/mol. The molecular formula is C33H51N5O5. The largest absolute Gasteiger partial charge is 0.488 e. The molecule has 3 N–H and O–H groups in total. The standard InChI is InChI=1S/C33H51N5O5/c1-9-21(5)27-30(39)34-17-15-23-11-13-24(14-12-23)43-26-16-18-38(29(26)32(41)36-27)33(42)25(19-20(3)4)35-31(40)28(37(7)8)22(6)10-2/h11-15,17,20-22,25-29H,9-10,16,18-19H2,1-8H3,(H,34,39)(H,35,40)(H,36,41)/t21-,22+,25-,26-,27+,28-,29-/m0/s1. The lowest BCUT2D eigenvalue weighted by Crippen LogP contribution is -2.60. The van der Waals surface area contributed by atoms with Crippen molar-refractivity contribution in [3.05, 3.63) is 36.0 Å². The van der Waals surface area contributed by atoms with Crippen LogP contribution in [0.4, 0.5) is 0 Å². The quantitative estimate of drug-likeness (QED) is 0.381. The van der Waals surface area contributed by atoms with E-state index in [9.17, 15) is 19.2 Å². The zero-order valence-corrected chi connectivity index (χ0v) is 27.1. The van der Waals surface area contributed by atoms with Crippen molar-refractivity contribution >= 4 is 29.7 Å². The molecule has 0 unspecified atom stereocenters. The Kier molecular flexibility index (Phi) is 12.2. The van der Waals surface area contributed by atoms with Gasteiger partial charge in [-0.1, -0.05) is 66.5 Å². The van der Waals surface area contributed by atoms with Gasteiger partial charge in [-0.25, -0.2) is 0 Å². The summed E-state index contributed by atoms with van der Waals surface area (Å²) in [5.74, 6) is -0.660. The number of rotatable bonds is 10. The fourth-order valence-corrected chi connectivity index (χ4v) is 5.90. The summed E-state index contributed by atoms with van der Waals surface area (Å²) in [5, 5.41) is 8.78. The van der Waals surface area contributed by atoms with Crippen molar-refractivity contribution in [2.45, 2.75) is 97.5 Å². The normalized spacial score (nSPS) is 23.5. The molecule has 0 aromatic heterocycles. The SMILES string of the molecule is CC[C@@H](C)[C@@H](C(=O)N[C@@H](CC(C)C)C(=O)N1CC[C@@H]2Oc3ccc(cc3)C=CNC(=O)[C@@H]([C@@H](C)CC)NC(=O)[C@H]21)N(C)C. The highest BCUT2D eigenvalue weighted by atomic mass is 16.5. The third-order valence-electron chi connectivity index (χ3n) is 8.69. The predicted octanol–water partition coefficient (Wildman–Crippen LogP) is 3.17. The summed E-state index contributed by atoms with van der Waals surface area (Å²) < 4.78 is 6.32. The van der Waals surface area contributed by atoms with Crippen molar-refractivity contribution in [2.75, 3.05) is 20.6 Å². The zero-order chi connectivity index (χ0) is 31.8. The van der Waals surface area contributed by atoms with Gasteiger partial charge < -0.3 is 25.6 Å². The summed E-state index contributed by atoms with van der Waals surface area (Å²) in [5.41, 5.74) is 0.884. The molecule has 4 amide bonds. The average molecular weight is 598 g/mol. The van der Waals surface area contributed by atoms with Gasteiger partial charge in [-0.05, 0) is 62.0 Å². The van der Waals surface area contributed by atoms with E-state index in [1.54, 1.807) is 12.3 Å². The Morgan fingerprint density at radius 2 is 1.72 bits per heavy atom. The molecule has 1 aromatic carbocycles. The van der Waals surface area contributed by atoms with Crippen LogP contribution in [-0.2, 0) is 19.2 Å². The van der Waals surface area contributed by atoms with Crippen LogP contribution in [0.1, 0.15) is 72.8 Å². The van der Waals surface area contributed by atoms with Crippen LogP contribution in [0, 0.1) is 17.8 Å². The summed E-state index contributed by atoms with van der Waals surface area (Å²) >= 11 is 0. The van der Waals surface area contributed by atoms with E-state index in [-0.39, 0.29) is 42.0 Å². The molecule has 0 saturated carbocycles. The van der Waals surface area contributed by atoms with Gasteiger partial charge in [-0.15, -0.1) is 0 Å². The maximum absolute atomic E-state index is 14.3. The van der Waals surface area contributed by atoms with E-state index in [1.165, 1.54) is 4.90 Å². The number of likely N-dealkylation sites (N-methyl/N-ethyl adjacent to an activating group) is 1. The number of hydrogen-bond donors (Lipinski definition) is 3. The van der Waals surface area contributed by atoms with Gasteiger partial charge in [0.05, 0.1) is 6.04 Å². The molecule has 0 spiro atoms. The molecule has 10 heteroatoms. The highest BCUT2D eigenvalue weighted by Crippen LogP contribution is 2.27. The van der Waals surface area contributed by atoms with Gasteiger partial charge in [0.2, 0.25) is 23.6 Å². The lowest BCUT2D eigenvalue weighted by molar-refractivity contribution is -0.144. The van der Waals surface area contributed by atoms with E-state index in [2.05, 4.69) is 16.0 Å². The second-order valence-corrected chi connectivity index (χ2v) is 12.7. The Balaban J connectivity index is 1.98. The molecule has 3 heterocycles. The van der Waals surface area contributed by atoms with Gasteiger partial charge >= 0.3 is 0 Å². The van der Waals surface area contributed by atoms with E-state index in [4.69, 9.17) is 4.74 Å². The first-order valence-electron chi connectivity index (χ1n) is 15.7. The van der Waals surface area contributed by atoms with E-state index in [1.807, 2.05) is 84.8 Å². The highest BCUT2D eigenvalue weighted by Gasteiger charge is 2.47. The van der Waals surface area contributed by atoms with E-state index in [0.717, 1.165) is 12.0 Å². The van der Waals surface area contributed by atoms with Crippen molar-refractivity contribution < 1.29 is 23.9 Å². The lowest BCUT2D eigenvalue weighted by atomic mass is 9.95. The minimum absolute atomic E-state index is 0.0876. The summed E-state index contributed by atoms with van der Waals surface area (Å²) in [6.45, 7) is 12.2. The maximum atomic E-state index is 14.3. The maximum Gasteiger partial charge on any atom is 0.247 e. The molecule has 7 atom stereocenters. The number of ether oxygens (including phenoxy) is 1. The van der Waals surface area contributed by atoms with Crippen LogP contribution in [-0.4, -0.2) is 84.3 Å². The fourth-order valence-electron chi connectivity index (χ4n) is 5.90. The molecule has 10 nitrogen and oxygen atoms in total. The molecule has 3 aliphatic rings. The summed E-state index contributed by atoms with van der Waals surface area (Å²) in [7, 11) is 3.73. The van der Waals surface area contributed by atoms with Gasteiger partial charge in [-0.3, -0.25) is 24.1 Å². The Bertz CT molecular complexity index is 1150. The number of benzene rings is 1. The van der Waals surface area contributed by atoms with Gasteiger partial charge in [-0.2, -0.15) is 0 Å².